The predicted molar refractivity (Wildman–Crippen MR) is 82.6 cm³/mol. The molecule has 0 heterocycles. The second-order valence-electron chi connectivity index (χ2n) is 4.84. The van der Waals surface area contributed by atoms with Crippen molar-refractivity contribution in [3.63, 3.8) is 0 Å². The third-order valence-corrected chi connectivity index (χ3v) is 4.23. The molecule has 0 radical (unpaired) electrons. The monoisotopic (exact) mass is 297 g/mol. The molecule has 1 aromatic carbocycles. The Morgan fingerprint density at radius 1 is 1.45 bits per heavy atom. The highest BCUT2D eigenvalue weighted by Crippen LogP contribution is 2.25. The smallest absolute Gasteiger partial charge is 0.322 e. The van der Waals surface area contributed by atoms with Gasteiger partial charge in [0.1, 0.15) is 6.04 Å². The molecule has 20 heavy (non-hydrogen) atoms. The number of hydrogen-bond acceptors (Lipinski definition) is 5. The Morgan fingerprint density at radius 2 is 2.10 bits per heavy atom. The molecule has 0 aliphatic carbocycles. The van der Waals surface area contributed by atoms with Crippen molar-refractivity contribution in [3.05, 3.63) is 35.9 Å². The van der Waals surface area contributed by atoms with E-state index in [2.05, 4.69) is 0 Å². The van der Waals surface area contributed by atoms with Gasteiger partial charge in [0, 0.05) is 5.75 Å². The van der Waals surface area contributed by atoms with Gasteiger partial charge >= 0.3 is 5.97 Å². The summed E-state index contributed by atoms with van der Waals surface area (Å²) in [6.07, 6.45) is 0.550. The molecule has 0 aliphatic heterocycles. The zero-order valence-electron chi connectivity index (χ0n) is 12.0. The first kappa shape index (κ1) is 17.0. The van der Waals surface area contributed by atoms with Crippen molar-refractivity contribution >= 4 is 17.7 Å². The largest absolute Gasteiger partial charge is 0.465 e. The Hall–Kier alpha value is -1.04. The van der Waals surface area contributed by atoms with Gasteiger partial charge in [-0.1, -0.05) is 30.3 Å². The number of aliphatic hydroxyl groups is 1. The molecular formula is C15H23NO3S. The summed E-state index contributed by atoms with van der Waals surface area (Å²) in [6, 6.07) is 8.97. The number of ether oxygens (including phenoxy) is 1. The Bertz CT molecular complexity index is 409. The lowest BCUT2D eigenvalue weighted by molar-refractivity contribution is -0.144. The van der Waals surface area contributed by atoms with Crippen LogP contribution in [0.3, 0.4) is 0 Å². The minimum Gasteiger partial charge on any atom is -0.465 e. The quantitative estimate of drug-likeness (QED) is 0.566. The van der Waals surface area contributed by atoms with E-state index in [0.717, 1.165) is 5.56 Å². The second kappa shape index (κ2) is 8.29. The van der Waals surface area contributed by atoms with Gasteiger partial charge in [-0.25, -0.2) is 0 Å². The van der Waals surface area contributed by atoms with E-state index in [4.69, 9.17) is 10.5 Å². The number of esters is 1. The highest BCUT2D eigenvalue weighted by Gasteiger charge is 2.23. The maximum atomic E-state index is 11.3. The van der Waals surface area contributed by atoms with Crippen molar-refractivity contribution < 1.29 is 14.6 Å². The molecule has 0 spiro atoms. The lowest BCUT2D eigenvalue weighted by atomic mass is 9.99. The molecule has 0 fully saturated rings. The van der Waals surface area contributed by atoms with Crippen LogP contribution in [-0.4, -0.2) is 35.2 Å². The topological polar surface area (TPSA) is 72.5 Å². The van der Waals surface area contributed by atoms with Gasteiger partial charge in [0.25, 0.3) is 0 Å². The van der Waals surface area contributed by atoms with Gasteiger partial charge in [-0.3, -0.25) is 4.79 Å². The number of benzene rings is 1. The standard InChI is InChI=1S/C15H23NO3S/c1-3-19-14(17)13(16)9-10-20-11-15(2,18)12-7-5-4-6-8-12/h4-8,13,18H,3,9-11,16H2,1-2H3. The summed E-state index contributed by atoms with van der Waals surface area (Å²) in [5, 5.41) is 10.4. The number of nitrogens with two attached hydrogens (primary N) is 1. The maximum absolute atomic E-state index is 11.3. The van der Waals surface area contributed by atoms with E-state index >= 15 is 0 Å². The van der Waals surface area contributed by atoms with E-state index in [1.54, 1.807) is 25.6 Å². The van der Waals surface area contributed by atoms with E-state index in [1.165, 1.54) is 0 Å². The molecule has 3 N–H and O–H groups in total. The van der Waals surface area contributed by atoms with Crippen LogP contribution in [0.2, 0.25) is 0 Å². The van der Waals surface area contributed by atoms with Gasteiger partial charge in [-0.15, -0.1) is 0 Å². The summed E-state index contributed by atoms with van der Waals surface area (Å²) in [5.41, 5.74) is 5.73. The Kier molecular flexibility index (Phi) is 7.05. The highest BCUT2D eigenvalue weighted by molar-refractivity contribution is 7.99. The fraction of sp³-hybridized carbons (Fsp3) is 0.533. The number of carbonyl (C=O) groups excluding carboxylic acids is 1. The highest BCUT2D eigenvalue weighted by atomic mass is 32.2. The summed E-state index contributed by atoms with van der Waals surface area (Å²) in [7, 11) is 0. The molecule has 0 aromatic heterocycles. The fourth-order valence-corrected chi connectivity index (χ4v) is 2.86. The minimum absolute atomic E-state index is 0.350. The average molecular weight is 297 g/mol. The molecule has 0 aliphatic rings. The summed E-state index contributed by atoms with van der Waals surface area (Å²) in [4.78, 5) is 11.3. The third-order valence-electron chi connectivity index (χ3n) is 2.94. The van der Waals surface area contributed by atoms with E-state index < -0.39 is 11.6 Å². The predicted octanol–water partition coefficient (Wildman–Crippen LogP) is 1.91. The molecule has 5 heteroatoms. The lowest BCUT2D eigenvalue weighted by Crippen LogP contribution is -2.33. The Balaban J connectivity index is 2.32. The van der Waals surface area contributed by atoms with Gasteiger partial charge in [-0.05, 0) is 31.6 Å². The van der Waals surface area contributed by atoms with Gasteiger partial charge in [0.2, 0.25) is 0 Å². The van der Waals surface area contributed by atoms with Crippen molar-refractivity contribution in [2.75, 3.05) is 18.1 Å². The first-order chi connectivity index (χ1) is 9.47. The van der Waals surface area contributed by atoms with Gasteiger partial charge in [0.15, 0.2) is 0 Å². The number of thioether (sulfide) groups is 1. The summed E-state index contributed by atoms with van der Waals surface area (Å²) >= 11 is 1.58. The van der Waals surface area contributed by atoms with Crippen molar-refractivity contribution in [3.8, 4) is 0 Å². The van der Waals surface area contributed by atoms with Crippen LogP contribution in [0.15, 0.2) is 30.3 Å². The molecule has 0 bridgehead atoms. The first-order valence-corrected chi connectivity index (χ1v) is 7.90. The average Bonchev–Trinajstić information content (AvgIpc) is 2.44. The SMILES string of the molecule is CCOC(=O)C(N)CCSCC(C)(O)c1ccccc1. The zero-order valence-corrected chi connectivity index (χ0v) is 12.9. The van der Waals surface area contributed by atoms with Crippen LogP contribution in [0.1, 0.15) is 25.8 Å². The first-order valence-electron chi connectivity index (χ1n) is 6.75. The number of carbonyl (C=O) groups is 1. The van der Waals surface area contributed by atoms with E-state index in [-0.39, 0.29) is 5.97 Å². The second-order valence-corrected chi connectivity index (χ2v) is 5.94. The molecule has 1 rings (SSSR count). The molecule has 1 aromatic rings. The number of rotatable bonds is 8. The molecule has 2 atom stereocenters. The van der Waals surface area contributed by atoms with Crippen molar-refractivity contribution in [1.29, 1.82) is 0 Å². The molecule has 0 saturated heterocycles. The van der Waals surface area contributed by atoms with Crippen LogP contribution in [0.5, 0.6) is 0 Å². The summed E-state index contributed by atoms with van der Waals surface area (Å²) < 4.78 is 4.85. The lowest BCUT2D eigenvalue weighted by Gasteiger charge is -2.23. The fourth-order valence-electron chi connectivity index (χ4n) is 1.73. The maximum Gasteiger partial charge on any atom is 0.322 e. The van der Waals surface area contributed by atoms with Crippen LogP contribution >= 0.6 is 11.8 Å². The van der Waals surface area contributed by atoms with Gasteiger partial charge < -0.3 is 15.6 Å². The van der Waals surface area contributed by atoms with Crippen LogP contribution in [0.4, 0.5) is 0 Å². The van der Waals surface area contributed by atoms with E-state index in [1.807, 2.05) is 30.3 Å². The van der Waals surface area contributed by atoms with Crippen LogP contribution in [-0.2, 0) is 15.1 Å². The van der Waals surface area contributed by atoms with Crippen LogP contribution < -0.4 is 5.73 Å². The minimum atomic E-state index is -0.875. The molecule has 0 amide bonds. The van der Waals surface area contributed by atoms with Crippen molar-refractivity contribution in [2.45, 2.75) is 31.9 Å². The van der Waals surface area contributed by atoms with Crippen molar-refractivity contribution in [1.82, 2.24) is 0 Å². The molecule has 0 saturated carbocycles. The zero-order chi connectivity index (χ0) is 15.0. The van der Waals surface area contributed by atoms with Gasteiger partial charge in [0.05, 0.1) is 12.2 Å². The summed E-state index contributed by atoms with van der Waals surface area (Å²) in [5.74, 6) is 0.915. The molecule has 112 valence electrons. The molecule has 4 nitrogen and oxygen atoms in total. The van der Waals surface area contributed by atoms with Gasteiger partial charge in [-0.2, -0.15) is 11.8 Å². The Morgan fingerprint density at radius 3 is 2.70 bits per heavy atom. The number of hydrogen-bond donors (Lipinski definition) is 2. The van der Waals surface area contributed by atoms with Crippen molar-refractivity contribution in [2.24, 2.45) is 5.73 Å². The van der Waals surface area contributed by atoms with Crippen LogP contribution in [0.25, 0.3) is 0 Å². The van der Waals surface area contributed by atoms with E-state index in [9.17, 15) is 9.90 Å². The molecule has 2 unspecified atom stereocenters. The summed E-state index contributed by atoms with van der Waals surface area (Å²) in [6.45, 7) is 3.90. The third kappa shape index (κ3) is 5.53. The normalized spacial score (nSPS) is 15.4. The van der Waals surface area contributed by atoms with E-state index in [0.29, 0.717) is 24.5 Å². The Labute approximate surface area is 124 Å². The molecular weight excluding hydrogens is 274 g/mol. The van der Waals surface area contributed by atoms with Crippen LogP contribution in [0, 0.1) is 0 Å².